The number of hydrogen-bond donors (Lipinski definition) is 1. The lowest BCUT2D eigenvalue weighted by atomic mass is 10.1. The van der Waals surface area contributed by atoms with E-state index in [1.54, 1.807) is 0 Å². The van der Waals surface area contributed by atoms with Crippen molar-refractivity contribution in [2.75, 3.05) is 18.9 Å². The summed E-state index contributed by atoms with van der Waals surface area (Å²) in [6.07, 6.45) is 6.27. The summed E-state index contributed by atoms with van der Waals surface area (Å²) in [6.45, 7) is 3.60. The van der Waals surface area contributed by atoms with Gasteiger partial charge in [-0.25, -0.2) is 0 Å². The molecule has 3 nitrogen and oxygen atoms in total. The van der Waals surface area contributed by atoms with Crippen LogP contribution in [-0.4, -0.2) is 13.2 Å². The van der Waals surface area contributed by atoms with Crippen LogP contribution in [0.5, 0.6) is 11.5 Å². The van der Waals surface area contributed by atoms with Gasteiger partial charge in [-0.1, -0.05) is 19.8 Å². The van der Waals surface area contributed by atoms with Crippen molar-refractivity contribution in [3.05, 3.63) is 18.2 Å². The molecule has 1 aromatic carbocycles. The number of ether oxygens (including phenoxy) is 2. The molecular formula is C15H23NO2. The first-order valence-corrected chi connectivity index (χ1v) is 6.94. The van der Waals surface area contributed by atoms with Gasteiger partial charge in [0.1, 0.15) is 11.5 Å². The van der Waals surface area contributed by atoms with E-state index in [-0.39, 0.29) is 0 Å². The zero-order valence-corrected chi connectivity index (χ0v) is 11.2. The summed E-state index contributed by atoms with van der Waals surface area (Å²) in [5.74, 6) is 2.35. The molecule has 0 spiro atoms. The second-order valence-corrected chi connectivity index (χ2v) is 5.05. The Morgan fingerprint density at radius 1 is 1.11 bits per heavy atom. The van der Waals surface area contributed by atoms with E-state index in [0.29, 0.717) is 18.2 Å². The minimum absolute atomic E-state index is 0.699. The summed E-state index contributed by atoms with van der Waals surface area (Å²) in [7, 11) is 0. The van der Waals surface area contributed by atoms with Crippen molar-refractivity contribution >= 4 is 5.69 Å². The minimum Gasteiger partial charge on any atom is -0.493 e. The molecule has 2 N–H and O–H groups in total. The van der Waals surface area contributed by atoms with E-state index in [0.717, 1.165) is 24.5 Å². The van der Waals surface area contributed by atoms with Crippen molar-refractivity contribution in [1.82, 2.24) is 0 Å². The Morgan fingerprint density at radius 2 is 1.78 bits per heavy atom. The number of hydrogen-bond acceptors (Lipinski definition) is 3. The molecular weight excluding hydrogens is 226 g/mol. The van der Waals surface area contributed by atoms with Crippen LogP contribution in [0.15, 0.2) is 18.2 Å². The summed E-state index contributed by atoms with van der Waals surface area (Å²) in [5, 5.41) is 0. The normalized spacial score (nSPS) is 15.8. The van der Waals surface area contributed by atoms with Crippen molar-refractivity contribution in [3.8, 4) is 11.5 Å². The lowest BCUT2D eigenvalue weighted by molar-refractivity contribution is 0.250. The van der Waals surface area contributed by atoms with Gasteiger partial charge >= 0.3 is 0 Å². The Kier molecular flexibility index (Phi) is 4.73. The Hall–Kier alpha value is -1.38. The lowest BCUT2D eigenvalue weighted by Gasteiger charge is -2.13. The highest BCUT2D eigenvalue weighted by molar-refractivity contribution is 5.50. The molecule has 100 valence electrons. The van der Waals surface area contributed by atoms with Crippen molar-refractivity contribution in [2.45, 2.75) is 39.0 Å². The molecule has 0 amide bonds. The van der Waals surface area contributed by atoms with E-state index in [4.69, 9.17) is 15.2 Å². The molecule has 18 heavy (non-hydrogen) atoms. The van der Waals surface area contributed by atoms with E-state index in [2.05, 4.69) is 6.92 Å². The first-order chi connectivity index (χ1) is 8.78. The van der Waals surface area contributed by atoms with Gasteiger partial charge < -0.3 is 15.2 Å². The van der Waals surface area contributed by atoms with Crippen molar-refractivity contribution in [3.63, 3.8) is 0 Å². The van der Waals surface area contributed by atoms with E-state index < -0.39 is 0 Å². The van der Waals surface area contributed by atoms with Crippen LogP contribution in [0.4, 0.5) is 5.69 Å². The van der Waals surface area contributed by atoms with Gasteiger partial charge in [0.25, 0.3) is 0 Å². The maximum atomic E-state index is 5.85. The maximum Gasteiger partial charge on any atom is 0.125 e. The molecule has 1 saturated carbocycles. The Bertz CT molecular complexity index is 373. The van der Waals surface area contributed by atoms with Gasteiger partial charge in [-0.15, -0.1) is 0 Å². The Labute approximate surface area is 109 Å². The number of nitrogens with two attached hydrogens (primary N) is 1. The topological polar surface area (TPSA) is 44.5 Å². The van der Waals surface area contributed by atoms with Gasteiger partial charge in [0.2, 0.25) is 0 Å². The van der Waals surface area contributed by atoms with Crippen LogP contribution < -0.4 is 15.2 Å². The molecule has 0 aliphatic heterocycles. The van der Waals surface area contributed by atoms with Crippen LogP contribution in [0.2, 0.25) is 0 Å². The third-order valence-electron chi connectivity index (χ3n) is 3.34. The van der Waals surface area contributed by atoms with E-state index in [9.17, 15) is 0 Å². The molecule has 0 unspecified atom stereocenters. The summed E-state index contributed by atoms with van der Waals surface area (Å²) in [4.78, 5) is 0. The largest absolute Gasteiger partial charge is 0.493 e. The third-order valence-corrected chi connectivity index (χ3v) is 3.34. The van der Waals surface area contributed by atoms with Gasteiger partial charge in [0.15, 0.2) is 0 Å². The highest BCUT2D eigenvalue weighted by atomic mass is 16.5. The quantitative estimate of drug-likeness (QED) is 0.783. The molecule has 1 aliphatic carbocycles. The standard InChI is InChI=1S/C15H23NO2/c1-2-7-17-14-8-13(16)9-15(10-14)18-11-12-5-3-4-6-12/h8-10,12H,2-7,11,16H2,1H3. The van der Waals surface area contributed by atoms with Gasteiger partial charge in [-0.2, -0.15) is 0 Å². The van der Waals surface area contributed by atoms with Gasteiger partial charge in [-0.3, -0.25) is 0 Å². The third kappa shape index (κ3) is 3.83. The van der Waals surface area contributed by atoms with Crippen LogP contribution in [0, 0.1) is 5.92 Å². The predicted octanol–water partition coefficient (Wildman–Crippen LogP) is 3.63. The fourth-order valence-corrected chi connectivity index (χ4v) is 2.37. The zero-order valence-electron chi connectivity index (χ0n) is 11.2. The summed E-state index contributed by atoms with van der Waals surface area (Å²) in [6, 6.07) is 5.65. The molecule has 1 fully saturated rings. The Balaban J connectivity index is 1.91. The second-order valence-electron chi connectivity index (χ2n) is 5.05. The number of anilines is 1. The van der Waals surface area contributed by atoms with E-state index >= 15 is 0 Å². The summed E-state index contributed by atoms with van der Waals surface area (Å²) >= 11 is 0. The maximum absolute atomic E-state index is 5.85. The number of nitrogen functional groups attached to an aromatic ring is 1. The molecule has 0 radical (unpaired) electrons. The van der Waals surface area contributed by atoms with Gasteiger partial charge in [0.05, 0.1) is 13.2 Å². The van der Waals surface area contributed by atoms with Crippen molar-refractivity contribution < 1.29 is 9.47 Å². The highest BCUT2D eigenvalue weighted by Gasteiger charge is 2.15. The first kappa shape index (κ1) is 13.1. The molecule has 0 heterocycles. The fraction of sp³-hybridized carbons (Fsp3) is 0.600. The van der Waals surface area contributed by atoms with Crippen LogP contribution in [0.25, 0.3) is 0 Å². The summed E-state index contributed by atoms with van der Waals surface area (Å²) < 4.78 is 11.4. The molecule has 3 heteroatoms. The molecule has 0 bridgehead atoms. The average molecular weight is 249 g/mol. The average Bonchev–Trinajstić information content (AvgIpc) is 2.86. The van der Waals surface area contributed by atoms with Gasteiger partial charge in [0, 0.05) is 23.9 Å². The van der Waals surface area contributed by atoms with Crippen LogP contribution >= 0.6 is 0 Å². The van der Waals surface area contributed by atoms with Crippen LogP contribution in [0.1, 0.15) is 39.0 Å². The molecule has 0 saturated heterocycles. The fourth-order valence-electron chi connectivity index (χ4n) is 2.37. The van der Waals surface area contributed by atoms with E-state index in [1.807, 2.05) is 18.2 Å². The molecule has 1 aliphatic rings. The SMILES string of the molecule is CCCOc1cc(N)cc(OCC2CCCC2)c1. The van der Waals surface area contributed by atoms with Crippen LogP contribution in [0.3, 0.4) is 0 Å². The first-order valence-electron chi connectivity index (χ1n) is 6.94. The monoisotopic (exact) mass is 249 g/mol. The van der Waals surface area contributed by atoms with E-state index in [1.165, 1.54) is 25.7 Å². The summed E-state index contributed by atoms with van der Waals surface area (Å²) in [5.41, 5.74) is 6.55. The molecule has 2 rings (SSSR count). The molecule has 0 atom stereocenters. The number of benzene rings is 1. The number of rotatable bonds is 6. The second kappa shape index (κ2) is 6.53. The molecule has 0 aromatic heterocycles. The van der Waals surface area contributed by atoms with Gasteiger partial charge in [-0.05, 0) is 25.2 Å². The lowest BCUT2D eigenvalue weighted by Crippen LogP contribution is -2.08. The highest BCUT2D eigenvalue weighted by Crippen LogP contribution is 2.28. The Morgan fingerprint density at radius 3 is 2.44 bits per heavy atom. The molecule has 1 aromatic rings. The van der Waals surface area contributed by atoms with Crippen molar-refractivity contribution in [2.24, 2.45) is 5.92 Å². The smallest absolute Gasteiger partial charge is 0.125 e. The van der Waals surface area contributed by atoms with Crippen molar-refractivity contribution in [1.29, 1.82) is 0 Å². The zero-order chi connectivity index (χ0) is 12.8. The minimum atomic E-state index is 0.699. The predicted molar refractivity (Wildman–Crippen MR) is 74.1 cm³/mol. The van der Waals surface area contributed by atoms with Crippen LogP contribution in [-0.2, 0) is 0 Å².